The number of hydrogen-bond donors (Lipinski definition) is 1. The first-order valence-electron chi connectivity index (χ1n) is 9.18. The maximum atomic E-state index is 9.01. The third kappa shape index (κ3) is 3.59. The van der Waals surface area contributed by atoms with E-state index in [0.717, 1.165) is 31.8 Å². The minimum atomic E-state index is 0.303. The molecule has 0 aromatic heterocycles. The molecule has 2 atom stereocenters. The number of likely N-dealkylation sites (tertiary alicyclic amines) is 1. The van der Waals surface area contributed by atoms with Gasteiger partial charge in [-0.1, -0.05) is 30.3 Å². The van der Waals surface area contributed by atoms with Crippen LogP contribution in [-0.2, 0) is 0 Å². The van der Waals surface area contributed by atoms with Crippen molar-refractivity contribution in [2.45, 2.75) is 44.1 Å². The van der Waals surface area contributed by atoms with Crippen LogP contribution < -0.4 is 5.32 Å². The standard InChI is InChI=1S/C20H27N3/c21-13-16-6-10-23(11-7-16)15-20(8-9-20)14-22-19-12-18(19)17-4-2-1-3-5-17/h1-5,16,18-19,22H,6-12,14-15H2/t18?,19-/m0/s1. The van der Waals surface area contributed by atoms with Crippen molar-refractivity contribution < 1.29 is 0 Å². The summed E-state index contributed by atoms with van der Waals surface area (Å²) in [4.78, 5) is 2.60. The van der Waals surface area contributed by atoms with E-state index in [2.05, 4.69) is 46.6 Å². The number of piperidine rings is 1. The molecule has 0 spiro atoms. The van der Waals surface area contributed by atoms with Crippen LogP contribution in [0.4, 0.5) is 0 Å². The van der Waals surface area contributed by atoms with E-state index in [-0.39, 0.29) is 0 Å². The fourth-order valence-electron chi connectivity index (χ4n) is 4.10. The molecule has 1 aromatic rings. The van der Waals surface area contributed by atoms with Crippen molar-refractivity contribution in [3.8, 4) is 6.07 Å². The average molecular weight is 309 g/mol. The van der Waals surface area contributed by atoms with Crippen LogP contribution in [-0.4, -0.2) is 37.1 Å². The molecule has 1 aromatic carbocycles. The summed E-state index contributed by atoms with van der Waals surface area (Å²) in [6.07, 6.45) is 6.19. The van der Waals surface area contributed by atoms with E-state index < -0.39 is 0 Å². The van der Waals surface area contributed by atoms with Crippen molar-refractivity contribution in [2.24, 2.45) is 11.3 Å². The van der Waals surface area contributed by atoms with E-state index in [1.54, 1.807) is 0 Å². The van der Waals surface area contributed by atoms with Crippen LogP contribution in [0.3, 0.4) is 0 Å². The van der Waals surface area contributed by atoms with Gasteiger partial charge < -0.3 is 10.2 Å². The van der Waals surface area contributed by atoms with Crippen molar-refractivity contribution >= 4 is 0 Å². The van der Waals surface area contributed by atoms with Crippen molar-refractivity contribution in [1.82, 2.24) is 10.2 Å². The first-order chi connectivity index (χ1) is 11.3. The van der Waals surface area contributed by atoms with Crippen LogP contribution in [0.15, 0.2) is 30.3 Å². The van der Waals surface area contributed by atoms with Crippen LogP contribution in [0.1, 0.15) is 43.6 Å². The summed E-state index contributed by atoms with van der Waals surface area (Å²) >= 11 is 0. The van der Waals surface area contributed by atoms with Gasteiger partial charge in [0.25, 0.3) is 0 Å². The highest BCUT2D eigenvalue weighted by Crippen LogP contribution is 2.48. The zero-order valence-electron chi connectivity index (χ0n) is 13.9. The molecule has 1 unspecified atom stereocenters. The van der Waals surface area contributed by atoms with E-state index in [1.807, 2.05) is 0 Å². The van der Waals surface area contributed by atoms with E-state index in [0.29, 0.717) is 17.4 Å². The number of hydrogen-bond acceptors (Lipinski definition) is 3. The molecule has 23 heavy (non-hydrogen) atoms. The third-order valence-corrected chi connectivity index (χ3v) is 6.04. The highest BCUT2D eigenvalue weighted by atomic mass is 15.1. The normalized spacial score (nSPS) is 29.9. The van der Waals surface area contributed by atoms with Gasteiger partial charge in [-0.25, -0.2) is 0 Å². The number of nitriles is 1. The van der Waals surface area contributed by atoms with Gasteiger partial charge in [-0.05, 0) is 56.2 Å². The molecule has 3 heteroatoms. The molecule has 0 amide bonds. The number of benzene rings is 1. The molecule has 3 fully saturated rings. The third-order valence-electron chi connectivity index (χ3n) is 6.04. The molecule has 1 aliphatic heterocycles. The van der Waals surface area contributed by atoms with Gasteiger partial charge in [-0.3, -0.25) is 0 Å². The van der Waals surface area contributed by atoms with Crippen LogP contribution in [0.25, 0.3) is 0 Å². The van der Waals surface area contributed by atoms with Gasteiger partial charge in [0.05, 0.1) is 6.07 Å². The Kier molecular flexibility index (Phi) is 4.13. The summed E-state index contributed by atoms with van der Waals surface area (Å²) in [5, 5.41) is 12.9. The lowest BCUT2D eigenvalue weighted by Crippen LogP contribution is -2.41. The zero-order chi connectivity index (χ0) is 15.7. The predicted octanol–water partition coefficient (Wildman–Crippen LogP) is 3.15. The van der Waals surface area contributed by atoms with Crippen LogP contribution >= 0.6 is 0 Å². The molecule has 3 aliphatic rings. The van der Waals surface area contributed by atoms with E-state index in [4.69, 9.17) is 5.26 Å². The largest absolute Gasteiger partial charge is 0.313 e. The molecule has 0 radical (unpaired) electrons. The summed E-state index contributed by atoms with van der Waals surface area (Å²) in [6.45, 7) is 4.66. The molecule has 4 rings (SSSR count). The minimum absolute atomic E-state index is 0.303. The SMILES string of the molecule is N#CC1CCN(CC2(CN[C@H]3CC3c3ccccc3)CC2)CC1. The van der Waals surface area contributed by atoms with E-state index in [9.17, 15) is 0 Å². The highest BCUT2D eigenvalue weighted by Gasteiger charge is 2.46. The number of rotatable bonds is 6. The Morgan fingerprint density at radius 2 is 1.91 bits per heavy atom. The minimum Gasteiger partial charge on any atom is -0.313 e. The molecule has 3 nitrogen and oxygen atoms in total. The predicted molar refractivity (Wildman–Crippen MR) is 92.0 cm³/mol. The molecule has 1 N–H and O–H groups in total. The van der Waals surface area contributed by atoms with Gasteiger partial charge in [-0.15, -0.1) is 0 Å². The van der Waals surface area contributed by atoms with Gasteiger partial charge in [0.1, 0.15) is 0 Å². The van der Waals surface area contributed by atoms with Gasteiger partial charge in [0.15, 0.2) is 0 Å². The van der Waals surface area contributed by atoms with Gasteiger partial charge in [0, 0.05) is 31.0 Å². The molecule has 1 heterocycles. The Hall–Kier alpha value is -1.37. The van der Waals surface area contributed by atoms with Crippen molar-refractivity contribution in [2.75, 3.05) is 26.2 Å². The Labute approximate surface area is 139 Å². The second-order valence-corrected chi connectivity index (χ2v) is 7.92. The lowest BCUT2D eigenvalue weighted by Gasteiger charge is -2.32. The topological polar surface area (TPSA) is 39.1 Å². The van der Waals surface area contributed by atoms with Crippen molar-refractivity contribution in [1.29, 1.82) is 5.26 Å². The summed E-state index contributed by atoms with van der Waals surface area (Å²) in [6, 6.07) is 14.1. The van der Waals surface area contributed by atoms with Crippen molar-refractivity contribution in [3.63, 3.8) is 0 Å². The van der Waals surface area contributed by atoms with Gasteiger partial charge in [-0.2, -0.15) is 5.26 Å². The second-order valence-electron chi connectivity index (χ2n) is 7.92. The Bertz CT molecular complexity index is 564. The molecule has 1 saturated heterocycles. The number of nitrogens with one attached hydrogen (secondary N) is 1. The average Bonchev–Trinajstić information content (AvgIpc) is 3.51. The maximum absolute atomic E-state index is 9.01. The second kappa shape index (κ2) is 6.26. The molecule has 122 valence electrons. The van der Waals surface area contributed by atoms with Gasteiger partial charge in [0.2, 0.25) is 0 Å². The van der Waals surface area contributed by atoms with Gasteiger partial charge >= 0.3 is 0 Å². The summed E-state index contributed by atoms with van der Waals surface area (Å²) < 4.78 is 0. The maximum Gasteiger partial charge on any atom is 0.0656 e. The smallest absolute Gasteiger partial charge is 0.0656 e. The Balaban J connectivity index is 1.22. The Morgan fingerprint density at radius 1 is 1.17 bits per heavy atom. The molecule has 2 saturated carbocycles. The molecular formula is C20H27N3. The highest BCUT2D eigenvalue weighted by molar-refractivity contribution is 5.27. The summed E-state index contributed by atoms with van der Waals surface area (Å²) in [5.41, 5.74) is 2.02. The summed E-state index contributed by atoms with van der Waals surface area (Å²) in [7, 11) is 0. The molecular weight excluding hydrogens is 282 g/mol. The van der Waals surface area contributed by atoms with Crippen LogP contribution in [0, 0.1) is 22.7 Å². The number of nitrogens with zero attached hydrogens (tertiary/aromatic N) is 2. The lowest BCUT2D eigenvalue weighted by molar-refractivity contribution is 0.167. The first-order valence-corrected chi connectivity index (χ1v) is 9.18. The van der Waals surface area contributed by atoms with Crippen molar-refractivity contribution in [3.05, 3.63) is 35.9 Å². The van der Waals surface area contributed by atoms with E-state index >= 15 is 0 Å². The zero-order valence-corrected chi connectivity index (χ0v) is 13.9. The van der Waals surface area contributed by atoms with Crippen LogP contribution in [0.2, 0.25) is 0 Å². The monoisotopic (exact) mass is 309 g/mol. The fraction of sp³-hybridized carbons (Fsp3) is 0.650. The quantitative estimate of drug-likeness (QED) is 0.877. The molecule has 0 bridgehead atoms. The summed E-state index contributed by atoms with van der Waals surface area (Å²) in [5.74, 6) is 1.04. The lowest BCUT2D eigenvalue weighted by atomic mass is 9.96. The molecule has 2 aliphatic carbocycles. The Morgan fingerprint density at radius 3 is 2.57 bits per heavy atom. The first kappa shape index (κ1) is 15.2. The van der Waals surface area contributed by atoms with Crippen LogP contribution in [0.5, 0.6) is 0 Å². The van der Waals surface area contributed by atoms with E-state index in [1.165, 1.54) is 37.9 Å². The fourth-order valence-corrected chi connectivity index (χ4v) is 4.10.